The second kappa shape index (κ2) is 7.62. The summed E-state index contributed by atoms with van der Waals surface area (Å²) in [6, 6.07) is 16.4. The van der Waals surface area contributed by atoms with Gasteiger partial charge < -0.3 is 16.2 Å². The summed E-state index contributed by atoms with van der Waals surface area (Å²) >= 11 is 0. The SMILES string of the molecule is N#Cc1ccc(OC2c3ccccc3CC2CC2CCCC(N)C2)cc1N. The van der Waals surface area contributed by atoms with E-state index in [2.05, 4.69) is 30.3 Å². The zero-order valence-electron chi connectivity index (χ0n) is 15.6. The van der Waals surface area contributed by atoms with E-state index in [4.69, 9.17) is 21.5 Å². The van der Waals surface area contributed by atoms with Crippen LogP contribution >= 0.6 is 0 Å². The molecule has 0 aromatic heterocycles. The summed E-state index contributed by atoms with van der Waals surface area (Å²) in [5, 5.41) is 9.09. The average molecular weight is 361 g/mol. The van der Waals surface area contributed by atoms with E-state index in [1.54, 1.807) is 12.1 Å². The lowest BCUT2D eigenvalue weighted by molar-refractivity contribution is 0.122. The van der Waals surface area contributed by atoms with Crippen molar-refractivity contribution in [1.82, 2.24) is 0 Å². The Hall–Kier alpha value is -2.51. The molecule has 140 valence electrons. The molecule has 1 fully saturated rings. The second-order valence-corrected chi connectivity index (χ2v) is 8.09. The van der Waals surface area contributed by atoms with Gasteiger partial charge in [-0.05, 0) is 54.9 Å². The third kappa shape index (κ3) is 3.79. The first-order valence-corrected chi connectivity index (χ1v) is 9.93. The van der Waals surface area contributed by atoms with Crippen molar-refractivity contribution in [3.63, 3.8) is 0 Å². The van der Waals surface area contributed by atoms with Gasteiger partial charge in [0.2, 0.25) is 0 Å². The van der Waals surface area contributed by atoms with Crippen molar-refractivity contribution in [2.75, 3.05) is 5.73 Å². The van der Waals surface area contributed by atoms with E-state index in [0.29, 0.717) is 29.1 Å². The Balaban J connectivity index is 1.56. The largest absolute Gasteiger partial charge is 0.485 e. The number of nitrogen functional groups attached to an aromatic ring is 1. The maximum absolute atomic E-state index is 9.09. The number of hydrogen-bond acceptors (Lipinski definition) is 4. The quantitative estimate of drug-likeness (QED) is 0.793. The summed E-state index contributed by atoms with van der Waals surface area (Å²) in [6.07, 6.45) is 7.04. The summed E-state index contributed by atoms with van der Waals surface area (Å²) in [5.74, 6) is 1.87. The lowest BCUT2D eigenvalue weighted by atomic mass is 9.79. The van der Waals surface area contributed by atoms with Crippen molar-refractivity contribution in [3.8, 4) is 11.8 Å². The number of fused-ring (bicyclic) bond motifs is 1. The van der Waals surface area contributed by atoms with E-state index in [-0.39, 0.29) is 6.10 Å². The fourth-order valence-corrected chi connectivity index (χ4v) is 4.85. The van der Waals surface area contributed by atoms with Crippen LogP contribution in [0.25, 0.3) is 0 Å². The smallest absolute Gasteiger partial charge is 0.127 e. The molecule has 4 rings (SSSR count). The molecule has 4 unspecified atom stereocenters. The van der Waals surface area contributed by atoms with E-state index < -0.39 is 0 Å². The summed E-state index contributed by atoms with van der Waals surface area (Å²) in [7, 11) is 0. The van der Waals surface area contributed by atoms with Crippen LogP contribution in [0.4, 0.5) is 5.69 Å². The Morgan fingerprint density at radius 1 is 1.15 bits per heavy atom. The van der Waals surface area contributed by atoms with Crippen LogP contribution in [0.2, 0.25) is 0 Å². The maximum atomic E-state index is 9.09. The molecule has 2 aromatic carbocycles. The first kappa shape index (κ1) is 17.9. The van der Waals surface area contributed by atoms with Crippen LogP contribution in [0.3, 0.4) is 0 Å². The Morgan fingerprint density at radius 2 is 2.00 bits per heavy atom. The fourth-order valence-electron chi connectivity index (χ4n) is 4.85. The molecule has 1 saturated carbocycles. The highest BCUT2D eigenvalue weighted by Crippen LogP contribution is 2.44. The highest BCUT2D eigenvalue weighted by atomic mass is 16.5. The third-order valence-corrected chi connectivity index (χ3v) is 6.14. The van der Waals surface area contributed by atoms with Crippen LogP contribution in [0.5, 0.6) is 5.75 Å². The van der Waals surface area contributed by atoms with Gasteiger partial charge in [0.1, 0.15) is 17.9 Å². The predicted molar refractivity (Wildman–Crippen MR) is 107 cm³/mol. The molecule has 0 aliphatic heterocycles. The minimum absolute atomic E-state index is 0.0340. The van der Waals surface area contributed by atoms with Crippen molar-refractivity contribution in [2.45, 2.75) is 50.7 Å². The third-order valence-electron chi connectivity index (χ3n) is 6.14. The number of anilines is 1. The van der Waals surface area contributed by atoms with Crippen molar-refractivity contribution < 1.29 is 4.74 Å². The Bertz CT molecular complexity index is 857. The molecule has 2 aliphatic rings. The molecule has 0 bridgehead atoms. The van der Waals surface area contributed by atoms with Gasteiger partial charge in [0.25, 0.3) is 0 Å². The number of hydrogen-bond donors (Lipinski definition) is 2. The molecule has 0 amide bonds. The number of nitrogens with zero attached hydrogens (tertiary/aromatic N) is 1. The molecule has 4 nitrogen and oxygen atoms in total. The molecule has 4 heteroatoms. The molecule has 0 radical (unpaired) electrons. The van der Waals surface area contributed by atoms with Gasteiger partial charge in [-0.15, -0.1) is 0 Å². The monoisotopic (exact) mass is 361 g/mol. The number of benzene rings is 2. The molecule has 0 spiro atoms. The molecule has 2 aromatic rings. The Labute approximate surface area is 161 Å². The highest BCUT2D eigenvalue weighted by molar-refractivity contribution is 5.57. The summed E-state index contributed by atoms with van der Waals surface area (Å²) in [6.45, 7) is 0. The van der Waals surface area contributed by atoms with E-state index >= 15 is 0 Å². The van der Waals surface area contributed by atoms with E-state index in [9.17, 15) is 0 Å². The molecule has 4 N–H and O–H groups in total. The van der Waals surface area contributed by atoms with Gasteiger partial charge in [-0.3, -0.25) is 0 Å². The Morgan fingerprint density at radius 3 is 2.78 bits per heavy atom. The van der Waals surface area contributed by atoms with Crippen LogP contribution < -0.4 is 16.2 Å². The van der Waals surface area contributed by atoms with Gasteiger partial charge in [-0.25, -0.2) is 0 Å². The van der Waals surface area contributed by atoms with E-state index in [1.807, 2.05) is 6.07 Å². The average Bonchev–Trinajstić information content (AvgIpc) is 2.99. The molecular formula is C23H27N3O. The molecule has 27 heavy (non-hydrogen) atoms. The number of nitrogens with two attached hydrogens (primary N) is 2. The molecule has 0 saturated heterocycles. The van der Waals surface area contributed by atoms with Crippen LogP contribution in [-0.4, -0.2) is 6.04 Å². The molecule has 2 aliphatic carbocycles. The first-order chi connectivity index (χ1) is 13.1. The summed E-state index contributed by atoms with van der Waals surface area (Å²) in [4.78, 5) is 0. The van der Waals surface area contributed by atoms with Crippen LogP contribution in [0, 0.1) is 23.2 Å². The second-order valence-electron chi connectivity index (χ2n) is 8.09. The topological polar surface area (TPSA) is 85.1 Å². The van der Waals surface area contributed by atoms with Crippen molar-refractivity contribution in [2.24, 2.45) is 17.6 Å². The lowest BCUT2D eigenvalue weighted by Crippen LogP contribution is -2.29. The molecule has 0 heterocycles. The van der Waals surface area contributed by atoms with E-state index in [1.165, 1.54) is 24.0 Å². The molecular weight excluding hydrogens is 334 g/mol. The van der Waals surface area contributed by atoms with Gasteiger partial charge >= 0.3 is 0 Å². The maximum Gasteiger partial charge on any atom is 0.127 e. The van der Waals surface area contributed by atoms with Crippen LogP contribution in [0.15, 0.2) is 42.5 Å². The summed E-state index contributed by atoms with van der Waals surface area (Å²) in [5.41, 5.74) is 15.8. The highest BCUT2D eigenvalue weighted by Gasteiger charge is 2.36. The fraction of sp³-hybridized carbons (Fsp3) is 0.435. The standard InChI is InChI=1S/C23H27N3O/c24-14-17-8-9-20(13-22(17)26)27-23-18(10-15-4-3-6-19(25)11-15)12-16-5-1-2-7-21(16)23/h1-2,5,7-9,13,15,18-19,23H,3-4,6,10-12,25-26H2. The zero-order valence-corrected chi connectivity index (χ0v) is 15.6. The van der Waals surface area contributed by atoms with Crippen LogP contribution in [0.1, 0.15) is 54.9 Å². The predicted octanol–water partition coefficient (Wildman–Crippen LogP) is 4.34. The molecule has 4 atom stereocenters. The lowest BCUT2D eigenvalue weighted by Gasteiger charge is -2.31. The van der Waals surface area contributed by atoms with Gasteiger partial charge in [0, 0.05) is 18.0 Å². The van der Waals surface area contributed by atoms with E-state index in [0.717, 1.165) is 31.4 Å². The summed E-state index contributed by atoms with van der Waals surface area (Å²) < 4.78 is 6.44. The number of rotatable bonds is 4. The minimum Gasteiger partial charge on any atom is -0.485 e. The Kier molecular flexibility index (Phi) is 5.05. The number of nitriles is 1. The van der Waals surface area contributed by atoms with Gasteiger partial charge in [0.05, 0.1) is 11.3 Å². The van der Waals surface area contributed by atoms with Gasteiger partial charge in [-0.2, -0.15) is 5.26 Å². The first-order valence-electron chi connectivity index (χ1n) is 9.93. The number of ether oxygens (including phenoxy) is 1. The van der Waals surface area contributed by atoms with Gasteiger partial charge in [-0.1, -0.05) is 37.1 Å². The minimum atomic E-state index is 0.0340. The van der Waals surface area contributed by atoms with Crippen molar-refractivity contribution >= 4 is 5.69 Å². The zero-order chi connectivity index (χ0) is 18.8. The van der Waals surface area contributed by atoms with Crippen LogP contribution in [-0.2, 0) is 6.42 Å². The van der Waals surface area contributed by atoms with Crippen molar-refractivity contribution in [3.05, 3.63) is 59.2 Å². The van der Waals surface area contributed by atoms with Gasteiger partial charge in [0.15, 0.2) is 0 Å². The normalized spacial score (nSPS) is 27.0. The van der Waals surface area contributed by atoms with Crippen molar-refractivity contribution in [1.29, 1.82) is 5.26 Å².